The van der Waals surface area contributed by atoms with Crippen LogP contribution in [0.1, 0.15) is 22.3 Å². The van der Waals surface area contributed by atoms with Gasteiger partial charge < -0.3 is 11.1 Å². The van der Waals surface area contributed by atoms with E-state index < -0.39 is 0 Å². The summed E-state index contributed by atoms with van der Waals surface area (Å²) in [6.07, 6.45) is 0.386. The van der Waals surface area contributed by atoms with E-state index in [2.05, 4.69) is 5.32 Å². The van der Waals surface area contributed by atoms with Crippen LogP contribution in [0.5, 0.6) is 0 Å². The van der Waals surface area contributed by atoms with Crippen LogP contribution in [0.2, 0.25) is 0 Å². The Bertz CT molecular complexity index is 667. The molecule has 0 aliphatic heterocycles. The van der Waals surface area contributed by atoms with Crippen LogP contribution in [0.4, 0.5) is 0 Å². The third-order valence-electron chi connectivity index (χ3n) is 3.15. The number of nitrogens with one attached hydrogen (secondary N) is 1. The van der Waals surface area contributed by atoms with Gasteiger partial charge in [0.15, 0.2) is 0 Å². The van der Waals surface area contributed by atoms with Gasteiger partial charge in [-0.05, 0) is 24.1 Å². The number of rotatable bonds is 5. The number of hydrogen-bond donors (Lipinski definition) is 2. The van der Waals surface area contributed by atoms with E-state index >= 15 is 0 Å². The second-order valence-corrected chi connectivity index (χ2v) is 5.45. The Morgan fingerprint density at radius 3 is 2.57 bits per heavy atom. The van der Waals surface area contributed by atoms with Gasteiger partial charge in [0.1, 0.15) is 4.99 Å². The predicted octanol–water partition coefficient (Wildman–Crippen LogP) is 2.49. The molecule has 3 nitrogen and oxygen atoms in total. The van der Waals surface area contributed by atoms with Crippen molar-refractivity contribution >= 4 is 23.1 Å². The fourth-order valence-electron chi connectivity index (χ4n) is 2.11. The number of hydrogen-bond acceptors (Lipinski definition) is 2. The normalized spacial score (nSPS) is 10.1. The molecule has 0 spiro atoms. The smallest absolute Gasteiger partial charge is 0.224 e. The molecule has 0 aliphatic carbocycles. The van der Waals surface area contributed by atoms with Gasteiger partial charge in [-0.25, -0.2) is 0 Å². The number of benzene rings is 2. The van der Waals surface area contributed by atoms with Crippen LogP contribution in [0, 0.1) is 6.92 Å². The van der Waals surface area contributed by atoms with Crippen LogP contribution < -0.4 is 11.1 Å². The third kappa shape index (κ3) is 4.68. The first-order valence-corrected chi connectivity index (χ1v) is 7.16. The lowest BCUT2D eigenvalue weighted by atomic mass is 10.1. The van der Waals surface area contributed by atoms with Crippen molar-refractivity contribution in [2.75, 3.05) is 0 Å². The molecule has 0 aliphatic rings. The Morgan fingerprint density at radius 2 is 1.86 bits per heavy atom. The fourth-order valence-corrected chi connectivity index (χ4v) is 2.23. The monoisotopic (exact) mass is 298 g/mol. The number of carbonyl (C=O) groups excluding carboxylic acids is 1. The van der Waals surface area contributed by atoms with E-state index in [9.17, 15) is 4.79 Å². The number of nitrogens with two attached hydrogens (primary N) is 1. The van der Waals surface area contributed by atoms with Crippen LogP contribution in [0.3, 0.4) is 0 Å². The van der Waals surface area contributed by atoms with E-state index in [0.717, 1.165) is 22.3 Å². The molecule has 0 fully saturated rings. The summed E-state index contributed by atoms with van der Waals surface area (Å²) >= 11 is 4.95. The Morgan fingerprint density at radius 1 is 1.14 bits per heavy atom. The van der Waals surface area contributed by atoms with E-state index in [4.69, 9.17) is 18.0 Å². The summed E-state index contributed by atoms with van der Waals surface area (Å²) in [4.78, 5) is 12.3. The van der Waals surface area contributed by atoms with E-state index in [0.29, 0.717) is 18.0 Å². The van der Waals surface area contributed by atoms with Crippen molar-refractivity contribution in [3.05, 3.63) is 70.8 Å². The quantitative estimate of drug-likeness (QED) is 0.834. The van der Waals surface area contributed by atoms with E-state index in [1.165, 1.54) is 0 Å². The lowest BCUT2D eigenvalue weighted by molar-refractivity contribution is -0.120. The second kappa shape index (κ2) is 6.99. The lowest BCUT2D eigenvalue weighted by Crippen LogP contribution is -2.24. The molecule has 0 saturated heterocycles. The summed E-state index contributed by atoms with van der Waals surface area (Å²) in [6.45, 7) is 2.49. The highest BCUT2D eigenvalue weighted by Gasteiger charge is 2.04. The van der Waals surface area contributed by atoms with Crippen LogP contribution in [-0.2, 0) is 17.8 Å². The number of carbonyl (C=O) groups is 1. The maximum atomic E-state index is 12.0. The van der Waals surface area contributed by atoms with Crippen molar-refractivity contribution in [1.29, 1.82) is 0 Å². The Balaban J connectivity index is 1.92. The van der Waals surface area contributed by atoms with Crippen molar-refractivity contribution in [3.63, 3.8) is 0 Å². The minimum absolute atomic E-state index is 0.00123. The maximum Gasteiger partial charge on any atom is 0.224 e. The third-order valence-corrected chi connectivity index (χ3v) is 3.38. The van der Waals surface area contributed by atoms with Gasteiger partial charge in [-0.2, -0.15) is 0 Å². The molecule has 21 heavy (non-hydrogen) atoms. The van der Waals surface area contributed by atoms with Crippen LogP contribution in [-0.4, -0.2) is 10.9 Å². The zero-order valence-electron chi connectivity index (χ0n) is 11.9. The maximum absolute atomic E-state index is 12.0. The summed E-state index contributed by atoms with van der Waals surface area (Å²) < 4.78 is 0. The van der Waals surface area contributed by atoms with E-state index in [-0.39, 0.29) is 5.91 Å². The van der Waals surface area contributed by atoms with Crippen molar-refractivity contribution in [3.8, 4) is 0 Å². The average Bonchev–Trinajstić information content (AvgIpc) is 2.45. The zero-order chi connectivity index (χ0) is 15.2. The van der Waals surface area contributed by atoms with Crippen molar-refractivity contribution < 1.29 is 4.79 Å². The molecule has 2 aromatic carbocycles. The number of amides is 1. The van der Waals surface area contributed by atoms with Crippen molar-refractivity contribution in [2.45, 2.75) is 19.9 Å². The molecule has 0 aromatic heterocycles. The van der Waals surface area contributed by atoms with Gasteiger partial charge in [0.05, 0.1) is 6.42 Å². The molecule has 4 heteroatoms. The van der Waals surface area contributed by atoms with Crippen LogP contribution >= 0.6 is 12.2 Å². The van der Waals surface area contributed by atoms with Gasteiger partial charge in [-0.15, -0.1) is 0 Å². The van der Waals surface area contributed by atoms with Crippen molar-refractivity contribution in [2.24, 2.45) is 5.73 Å². The molecule has 3 N–H and O–H groups in total. The molecule has 0 unspecified atom stereocenters. The van der Waals surface area contributed by atoms with Gasteiger partial charge in [0.2, 0.25) is 5.91 Å². The fraction of sp³-hybridized carbons (Fsp3) is 0.176. The summed E-state index contributed by atoms with van der Waals surface area (Å²) in [6, 6.07) is 15.5. The summed E-state index contributed by atoms with van der Waals surface area (Å²) in [5.41, 5.74) is 9.57. The van der Waals surface area contributed by atoms with Crippen LogP contribution in [0.15, 0.2) is 48.5 Å². The average molecular weight is 298 g/mol. The first kappa shape index (κ1) is 15.2. The molecule has 2 aromatic rings. The Kier molecular flexibility index (Phi) is 5.06. The summed E-state index contributed by atoms with van der Waals surface area (Å²) in [5.74, 6) is 0.00123. The SMILES string of the molecule is Cc1cccc(CC(=O)NCc2cccc(C(N)=S)c2)c1. The molecule has 2 rings (SSSR count). The highest BCUT2D eigenvalue weighted by Crippen LogP contribution is 2.07. The Hall–Kier alpha value is -2.20. The predicted molar refractivity (Wildman–Crippen MR) is 89.1 cm³/mol. The first-order valence-electron chi connectivity index (χ1n) is 6.75. The van der Waals surface area contributed by atoms with Gasteiger partial charge >= 0.3 is 0 Å². The van der Waals surface area contributed by atoms with Gasteiger partial charge in [0.25, 0.3) is 0 Å². The molecule has 1 amide bonds. The molecule has 0 heterocycles. The largest absolute Gasteiger partial charge is 0.389 e. The minimum Gasteiger partial charge on any atom is -0.389 e. The summed E-state index contributed by atoms with van der Waals surface area (Å²) in [5, 5.41) is 2.91. The Labute approximate surface area is 130 Å². The van der Waals surface area contributed by atoms with Gasteiger partial charge in [-0.3, -0.25) is 4.79 Å². The number of thiocarbonyl (C=S) groups is 1. The van der Waals surface area contributed by atoms with E-state index in [1.807, 2.05) is 55.5 Å². The highest BCUT2D eigenvalue weighted by atomic mass is 32.1. The van der Waals surface area contributed by atoms with Crippen LogP contribution in [0.25, 0.3) is 0 Å². The number of aryl methyl sites for hydroxylation is 1. The first-order chi connectivity index (χ1) is 10.0. The molecule has 0 radical (unpaired) electrons. The molecule has 0 saturated carbocycles. The zero-order valence-corrected chi connectivity index (χ0v) is 12.7. The topological polar surface area (TPSA) is 55.1 Å². The highest BCUT2D eigenvalue weighted by molar-refractivity contribution is 7.80. The van der Waals surface area contributed by atoms with Gasteiger partial charge in [0, 0.05) is 12.1 Å². The summed E-state index contributed by atoms with van der Waals surface area (Å²) in [7, 11) is 0. The van der Waals surface area contributed by atoms with E-state index in [1.54, 1.807) is 0 Å². The second-order valence-electron chi connectivity index (χ2n) is 5.01. The van der Waals surface area contributed by atoms with Crippen molar-refractivity contribution in [1.82, 2.24) is 5.32 Å². The standard InChI is InChI=1S/C17H18N2OS/c1-12-4-2-5-13(8-12)10-16(20)19-11-14-6-3-7-15(9-14)17(18)21/h2-9H,10-11H2,1H3,(H2,18,21)(H,19,20). The molecule has 108 valence electrons. The molecule has 0 bridgehead atoms. The molecular weight excluding hydrogens is 280 g/mol. The van der Waals surface area contributed by atoms with Gasteiger partial charge in [-0.1, -0.05) is 60.2 Å². The lowest BCUT2D eigenvalue weighted by Gasteiger charge is -2.07. The molecule has 0 atom stereocenters. The minimum atomic E-state index is 0.00123. The molecular formula is C17H18N2OS.